The van der Waals surface area contributed by atoms with E-state index in [1.807, 2.05) is 0 Å². The molecular weight excluding hydrogens is 152 g/mol. The van der Waals surface area contributed by atoms with Gasteiger partial charge in [-0.15, -0.1) is 0 Å². The van der Waals surface area contributed by atoms with Crippen LogP contribution >= 0.6 is 0 Å². The number of hydrogen-bond acceptors (Lipinski definition) is 2. The zero-order valence-electron chi connectivity index (χ0n) is 8.43. The van der Waals surface area contributed by atoms with E-state index in [9.17, 15) is 4.79 Å². The molecule has 0 heterocycles. The number of hydrogen-bond donors (Lipinski definition) is 0. The standard InChI is InChI=1S/C10H20O2/c1-10(2,12-3)8-6-4-5-7-9-11/h9H,4-8H2,1-3H3. The molecule has 0 atom stereocenters. The van der Waals surface area contributed by atoms with Gasteiger partial charge < -0.3 is 9.53 Å². The Morgan fingerprint density at radius 3 is 2.42 bits per heavy atom. The second-order valence-electron chi connectivity index (χ2n) is 3.73. The van der Waals surface area contributed by atoms with Crippen LogP contribution in [0.2, 0.25) is 0 Å². The van der Waals surface area contributed by atoms with Gasteiger partial charge in [0.15, 0.2) is 0 Å². The Labute approximate surface area is 75.3 Å². The Balaban J connectivity index is 3.24. The van der Waals surface area contributed by atoms with Gasteiger partial charge in [-0.3, -0.25) is 0 Å². The average molecular weight is 172 g/mol. The van der Waals surface area contributed by atoms with Gasteiger partial charge in [-0.2, -0.15) is 0 Å². The van der Waals surface area contributed by atoms with E-state index >= 15 is 0 Å². The number of methoxy groups -OCH3 is 1. The van der Waals surface area contributed by atoms with Gasteiger partial charge in [0.25, 0.3) is 0 Å². The summed E-state index contributed by atoms with van der Waals surface area (Å²) in [6.07, 6.45) is 6.06. The van der Waals surface area contributed by atoms with Crippen LogP contribution in [-0.2, 0) is 9.53 Å². The summed E-state index contributed by atoms with van der Waals surface area (Å²) in [5.74, 6) is 0. The van der Waals surface area contributed by atoms with Crippen molar-refractivity contribution in [3.63, 3.8) is 0 Å². The molecule has 0 aromatic rings. The third kappa shape index (κ3) is 6.35. The lowest BCUT2D eigenvalue weighted by atomic mass is 10.00. The summed E-state index contributed by atoms with van der Waals surface area (Å²) in [7, 11) is 1.74. The number of ether oxygens (including phenoxy) is 1. The van der Waals surface area contributed by atoms with Crippen molar-refractivity contribution in [1.29, 1.82) is 0 Å². The van der Waals surface area contributed by atoms with Gasteiger partial charge in [0, 0.05) is 13.5 Å². The van der Waals surface area contributed by atoms with Crippen LogP contribution < -0.4 is 0 Å². The lowest BCUT2D eigenvalue weighted by Gasteiger charge is -2.22. The number of carbonyl (C=O) groups is 1. The first kappa shape index (κ1) is 11.6. The van der Waals surface area contributed by atoms with Gasteiger partial charge in [0.2, 0.25) is 0 Å². The third-order valence-electron chi connectivity index (χ3n) is 2.15. The largest absolute Gasteiger partial charge is 0.379 e. The monoisotopic (exact) mass is 172 g/mol. The van der Waals surface area contributed by atoms with Crippen LogP contribution in [0.3, 0.4) is 0 Å². The summed E-state index contributed by atoms with van der Waals surface area (Å²) in [4.78, 5) is 10.00. The lowest BCUT2D eigenvalue weighted by Crippen LogP contribution is -2.21. The van der Waals surface area contributed by atoms with Crippen molar-refractivity contribution >= 4 is 6.29 Å². The van der Waals surface area contributed by atoms with Crippen molar-refractivity contribution < 1.29 is 9.53 Å². The van der Waals surface area contributed by atoms with E-state index in [1.54, 1.807) is 7.11 Å². The Hall–Kier alpha value is -0.370. The fourth-order valence-electron chi connectivity index (χ4n) is 1.06. The molecule has 2 heteroatoms. The van der Waals surface area contributed by atoms with Crippen LogP contribution in [0.5, 0.6) is 0 Å². The van der Waals surface area contributed by atoms with Crippen LogP contribution in [-0.4, -0.2) is 19.0 Å². The maximum atomic E-state index is 10.00. The highest BCUT2D eigenvalue weighted by molar-refractivity contribution is 5.48. The van der Waals surface area contributed by atoms with Crippen molar-refractivity contribution in [1.82, 2.24) is 0 Å². The van der Waals surface area contributed by atoms with Crippen molar-refractivity contribution in [3.05, 3.63) is 0 Å². The minimum absolute atomic E-state index is 0.00117. The highest BCUT2D eigenvalue weighted by Crippen LogP contribution is 2.17. The third-order valence-corrected chi connectivity index (χ3v) is 2.15. The van der Waals surface area contributed by atoms with E-state index in [0.717, 1.165) is 32.0 Å². The Kier molecular flexibility index (Phi) is 5.99. The summed E-state index contributed by atoms with van der Waals surface area (Å²) in [5.41, 5.74) is 0.00117. The molecule has 0 aromatic carbocycles. The predicted molar refractivity (Wildman–Crippen MR) is 50.2 cm³/mol. The second kappa shape index (κ2) is 6.18. The Morgan fingerprint density at radius 1 is 1.25 bits per heavy atom. The van der Waals surface area contributed by atoms with Crippen LogP contribution in [0.4, 0.5) is 0 Å². The molecule has 0 radical (unpaired) electrons. The number of rotatable bonds is 7. The zero-order valence-corrected chi connectivity index (χ0v) is 8.43. The Bertz CT molecular complexity index is 119. The fraction of sp³-hybridized carbons (Fsp3) is 0.900. The van der Waals surface area contributed by atoms with E-state index in [0.29, 0.717) is 6.42 Å². The quantitative estimate of drug-likeness (QED) is 0.436. The maximum absolute atomic E-state index is 10.00. The molecule has 0 rings (SSSR count). The highest BCUT2D eigenvalue weighted by atomic mass is 16.5. The SMILES string of the molecule is COC(C)(C)CCCCCC=O. The van der Waals surface area contributed by atoms with E-state index in [4.69, 9.17) is 4.74 Å². The van der Waals surface area contributed by atoms with Crippen molar-refractivity contribution in [2.45, 2.75) is 51.6 Å². The molecule has 0 spiro atoms. The van der Waals surface area contributed by atoms with Gasteiger partial charge in [-0.25, -0.2) is 0 Å². The smallest absolute Gasteiger partial charge is 0.119 e. The lowest BCUT2D eigenvalue weighted by molar-refractivity contribution is -0.107. The van der Waals surface area contributed by atoms with Crippen LogP contribution in [0.25, 0.3) is 0 Å². The van der Waals surface area contributed by atoms with E-state index < -0.39 is 0 Å². The molecule has 2 nitrogen and oxygen atoms in total. The molecule has 0 aliphatic heterocycles. The van der Waals surface area contributed by atoms with Crippen LogP contribution in [0.15, 0.2) is 0 Å². The van der Waals surface area contributed by atoms with E-state index in [-0.39, 0.29) is 5.60 Å². The Morgan fingerprint density at radius 2 is 1.92 bits per heavy atom. The molecular formula is C10H20O2. The molecule has 0 bridgehead atoms. The summed E-state index contributed by atoms with van der Waals surface area (Å²) >= 11 is 0. The molecule has 0 aliphatic carbocycles. The van der Waals surface area contributed by atoms with Gasteiger partial charge >= 0.3 is 0 Å². The van der Waals surface area contributed by atoms with Crippen LogP contribution in [0, 0.1) is 0 Å². The molecule has 0 aliphatic rings. The maximum Gasteiger partial charge on any atom is 0.119 e. The summed E-state index contributed by atoms with van der Waals surface area (Å²) in [5, 5.41) is 0. The summed E-state index contributed by atoms with van der Waals surface area (Å²) in [6, 6.07) is 0. The molecule has 0 saturated carbocycles. The first-order valence-electron chi connectivity index (χ1n) is 4.61. The van der Waals surface area contributed by atoms with Crippen molar-refractivity contribution in [2.24, 2.45) is 0 Å². The number of carbonyl (C=O) groups excluding carboxylic acids is 1. The van der Waals surface area contributed by atoms with Crippen molar-refractivity contribution in [2.75, 3.05) is 7.11 Å². The van der Waals surface area contributed by atoms with Gasteiger partial charge in [0.05, 0.1) is 5.60 Å². The van der Waals surface area contributed by atoms with Crippen LogP contribution in [0.1, 0.15) is 46.0 Å². The van der Waals surface area contributed by atoms with Gasteiger partial charge in [-0.05, 0) is 26.7 Å². The van der Waals surface area contributed by atoms with E-state index in [1.165, 1.54) is 0 Å². The molecule has 0 saturated heterocycles. The summed E-state index contributed by atoms with van der Waals surface area (Å²) < 4.78 is 5.27. The molecule has 0 unspecified atom stereocenters. The first-order valence-corrected chi connectivity index (χ1v) is 4.61. The molecule has 12 heavy (non-hydrogen) atoms. The van der Waals surface area contributed by atoms with E-state index in [2.05, 4.69) is 13.8 Å². The average Bonchev–Trinajstić information content (AvgIpc) is 2.04. The highest BCUT2D eigenvalue weighted by Gasteiger charge is 2.14. The topological polar surface area (TPSA) is 26.3 Å². The minimum atomic E-state index is 0.00117. The molecule has 0 N–H and O–H groups in total. The number of unbranched alkanes of at least 4 members (excludes halogenated alkanes) is 3. The normalized spacial score (nSPS) is 11.6. The molecule has 0 amide bonds. The summed E-state index contributed by atoms with van der Waals surface area (Å²) in [6.45, 7) is 4.18. The van der Waals surface area contributed by atoms with Crippen molar-refractivity contribution in [3.8, 4) is 0 Å². The first-order chi connectivity index (χ1) is 5.62. The number of aldehydes is 1. The fourth-order valence-corrected chi connectivity index (χ4v) is 1.06. The van der Waals surface area contributed by atoms with Gasteiger partial charge in [-0.1, -0.05) is 12.8 Å². The molecule has 72 valence electrons. The minimum Gasteiger partial charge on any atom is -0.379 e. The molecule has 0 fully saturated rings. The van der Waals surface area contributed by atoms with Gasteiger partial charge in [0.1, 0.15) is 6.29 Å². The predicted octanol–water partition coefficient (Wildman–Crippen LogP) is 2.56. The second-order valence-corrected chi connectivity index (χ2v) is 3.73. The zero-order chi connectivity index (χ0) is 9.45. The molecule has 0 aromatic heterocycles.